The molecule has 6 aromatic carbocycles. The van der Waals surface area contributed by atoms with E-state index in [1.54, 1.807) is 52.7 Å². The fourth-order valence-corrected chi connectivity index (χ4v) is 13.6. The van der Waals surface area contributed by atoms with Crippen LogP contribution in [0.2, 0.25) is 20.1 Å². The van der Waals surface area contributed by atoms with Gasteiger partial charge in [0.25, 0.3) is 23.6 Å². The first-order chi connectivity index (χ1) is 49.0. The number of alkyl halides is 2. The van der Waals surface area contributed by atoms with Gasteiger partial charge in [-0.3, -0.25) is 29.0 Å². The molecule has 102 heavy (non-hydrogen) atoms. The number of carbonyl (C=O) groups excluding carboxylic acids is 4. The minimum absolute atomic E-state index is 0.0511. The van der Waals surface area contributed by atoms with Gasteiger partial charge in [0.15, 0.2) is 0 Å². The molecular weight excluding hydrogens is 1530 g/mol. The fraction of sp³-hybridized carbons (Fsp3) is 0.444. The number of piperidine rings is 4. The Morgan fingerprint density at radius 1 is 0.412 bits per heavy atom. The molecule has 4 aliphatic rings. The Morgan fingerprint density at radius 3 is 0.912 bits per heavy atom. The van der Waals surface area contributed by atoms with E-state index in [-0.39, 0.29) is 72.2 Å². The maximum absolute atomic E-state index is 13.2. The van der Waals surface area contributed by atoms with Crippen molar-refractivity contribution in [2.45, 2.75) is 98.0 Å². The third-order valence-electron chi connectivity index (χ3n) is 18.0. The molecule has 0 unspecified atom stereocenters. The Balaban J connectivity index is 0.000000228. The molecule has 6 aromatic rings. The SMILES string of the molecule is BrCc1ccc(CBr)cc1.COc1cc(N)c(Cl)cc1C(=O)N[C@H]1CCN(Cc2ccc(CN3CC[C@@H](NC(=O)c4cc(Cl)c(N)cc4OC)[C@@H](OC)C3)cc2)C[C@H]1OC.COc1cc(N)c(Cl)cc1C(=O)N[C@H]1CCNC[C@H]1OC.COc1cc(N)c(Cl)cc1C(=O)N[C@H]1CCNC[C@H]1OC. The number of benzene rings is 6. The Labute approximate surface area is 634 Å². The summed E-state index contributed by atoms with van der Waals surface area (Å²) in [6, 6.07) is 29.0. The molecular formula is C72H94Br2Cl4N12O12. The minimum atomic E-state index is -0.283. The molecule has 4 aliphatic heterocycles. The van der Waals surface area contributed by atoms with Crippen molar-refractivity contribution in [2.24, 2.45) is 0 Å². The summed E-state index contributed by atoms with van der Waals surface area (Å²) >= 11 is 31.1. The first-order valence-electron chi connectivity index (χ1n) is 33.0. The number of likely N-dealkylation sites (tertiary alicyclic amines) is 2. The Kier molecular flexibility index (Phi) is 33.4. The molecule has 14 N–H and O–H groups in total. The van der Waals surface area contributed by atoms with E-state index in [1.807, 2.05) is 0 Å². The van der Waals surface area contributed by atoms with Gasteiger partial charge in [-0.25, -0.2) is 0 Å². The lowest BCUT2D eigenvalue weighted by atomic mass is 9.99. The standard InChI is InChI=1S/C36H46Cl2N6O6.2C14H20ClN3O3.C8H8Br2/c1-47-31-15-27(39)25(37)13-23(31)35(45)41-29-9-11-43(19-33(29)49-3)17-21-5-7-22(8-6-21)18-44-12-10-30(34(20-44)50-4)42-36(46)24-14-26(38)28(40)16-32(24)48-2;2*1-20-12-6-10(16)9(15)5-8(12)14(19)18-11-3-4-17-7-13(11)21-2;9-5-7-1-2-8(6-10)4-3-7/h5-8,13-16,29-30,33-34H,9-12,17-20,39-40H2,1-4H3,(H,41,45)(H,42,46);2*5-6,11,13,17H,3-4,7,16H2,1-2H3,(H,18,19);1-4H,5-6H2/t29-,30+,33+,34-;2*11-,13+;/m.00./s1. The van der Waals surface area contributed by atoms with Crippen LogP contribution >= 0.6 is 78.3 Å². The topological polar surface area (TPSA) is 325 Å². The highest BCUT2D eigenvalue weighted by molar-refractivity contribution is 9.08. The summed E-state index contributed by atoms with van der Waals surface area (Å²) in [7, 11) is 12.6. The largest absolute Gasteiger partial charge is 0.496 e. The quantitative estimate of drug-likeness (QED) is 0.0223. The summed E-state index contributed by atoms with van der Waals surface area (Å²) in [4.78, 5) is 55.9. The average Bonchev–Trinajstić information content (AvgIpc) is 0.832. The van der Waals surface area contributed by atoms with E-state index in [9.17, 15) is 19.2 Å². The predicted octanol–water partition coefficient (Wildman–Crippen LogP) is 9.77. The van der Waals surface area contributed by atoms with Gasteiger partial charge in [-0.1, -0.05) is 127 Å². The number of hydrogen-bond donors (Lipinski definition) is 10. The zero-order valence-corrected chi connectivity index (χ0v) is 64.7. The molecule has 24 nitrogen and oxygen atoms in total. The van der Waals surface area contributed by atoms with E-state index in [1.165, 1.54) is 75.0 Å². The second-order valence-electron chi connectivity index (χ2n) is 24.6. The molecule has 30 heteroatoms. The van der Waals surface area contributed by atoms with Crippen LogP contribution in [-0.4, -0.2) is 191 Å². The number of nitrogens with zero attached hydrogens (tertiary/aromatic N) is 2. The number of amides is 4. The number of nitrogens with one attached hydrogen (secondary N) is 6. The van der Waals surface area contributed by atoms with Crippen LogP contribution in [0.4, 0.5) is 22.7 Å². The number of carbonyl (C=O) groups is 4. The van der Waals surface area contributed by atoms with Crippen LogP contribution in [0.15, 0.2) is 97.1 Å². The highest BCUT2D eigenvalue weighted by Gasteiger charge is 2.35. The number of hydrogen-bond acceptors (Lipinski definition) is 20. The van der Waals surface area contributed by atoms with Gasteiger partial charge in [0.1, 0.15) is 23.0 Å². The van der Waals surface area contributed by atoms with E-state index in [2.05, 4.69) is 122 Å². The van der Waals surface area contributed by atoms with Crippen molar-refractivity contribution in [1.82, 2.24) is 41.7 Å². The maximum atomic E-state index is 13.2. The highest BCUT2D eigenvalue weighted by atomic mass is 79.9. The number of anilines is 4. The highest BCUT2D eigenvalue weighted by Crippen LogP contribution is 2.34. The van der Waals surface area contributed by atoms with Gasteiger partial charge in [-0.2, -0.15) is 0 Å². The van der Waals surface area contributed by atoms with Gasteiger partial charge in [0.2, 0.25) is 0 Å². The van der Waals surface area contributed by atoms with E-state index < -0.39 is 0 Å². The predicted molar refractivity (Wildman–Crippen MR) is 411 cm³/mol. The van der Waals surface area contributed by atoms with Crippen molar-refractivity contribution in [3.63, 3.8) is 0 Å². The van der Waals surface area contributed by atoms with Gasteiger partial charge in [0.05, 0.1) is 142 Å². The normalized spacial score (nSPS) is 20.5. The summed E-state index contributed by atoms with van der Waals surface area (Å²) in [6.45, 7) is 7.57. The van der Waals surface area contributed by atoms with Crippen molar-refractivity contribution in [3.05, 3.63) is 162 Å². The third-order valence-corrected chi connectivity index (χ3v) is 20.6. The molecule has 10 rings (SSSR count). The van der Waals surface area contributed by atoms with Crippen LogP contribution in [0.5, 0.6) is 23.0 Å². The Morgan fingerprint density at radius 2 is 0.667 bits per heavy atom. The zero-order chi connectivity index (χ0) is 74.2. The molecule has 0 aromatic heterocycles. The number of ether oxygens (including phenoxy) is 8. The molecule has 556 valence electrons. The van der Waals surface area contributed by atoms with Crippen LogP contribution in [0.25, 0.3) is 0 Å². The third kappa shape index (κ3) is 23.2. The summed E-state index contributed by atoms with van der Waals surface area (Å²) in [6.07, 6.45) is 2.57. The minimum Gasteiger partial charge on any atom is -0.496 e. The van der Waals surface area contributed by atoms with Crippen LogP contribution in [-0.2, 0) is 42.7 Å². The van der Waals surface area contributed by atoms with Gasteiger partial charge >= 0.3 is 0 Å². The molecule has 8 atom stereocenters. The molecule has 0 bridgehead atoms. The van der Waals surface area contributed by atoms with Crippen LogP contribution < -0.4 is 73.8 Å². The van der Waals surface area contributed by atoms with E-state index >= 15 is 0 Å². The van der Waals surface area contributed by atoms with Gasteiger partial charge < -0.3 is 92.7 Å². The molecule has 4 heterocycles. The molecule has 0 aliphatic carbocycles. The molecule has 4 fully saturated rings. The molecule has 0 radical (unpaired) electrons. The molecule has 0 saturated carbocycles. The maximum Gasteiger partial charge on any atom is 0.255 e. The zero-order valence-electron chi connectivity index (χ0n) is 58.5. The van der Waals surface area contributed by atoms with Crippen molar-refractivity contribution in [1.29, 1.82) is 0 Å². The smallest absolute Gasteiger partial charge is 0.255 e. The Bertz CT molecular complexity index is 3510. The average molecular weight is 1620 g/mol. The number of halogens is 6. The van der Waals surface area contributed by atoms with Crippen molar-refractivity contribution in [3.8, 4) is 23.0 Å². The van der Waals surface area contributed by atoms with E-state index in [0.29, 0.717) is 114 Å². The number of methoxy groups -OCH3 is 8. The Hall–Kier alpha value is -6.60. The van der Waals surface area contributed by atoms with E-state index in [0.717, 1.165) is 75.6 Å². The first-order valence-corrected chi connectivity index (χ1v) is 36.8. The molecule has 4 amide bonds. The van der Waals surface area contributed by atoms with E-state index in [4.69, 9.17) is 107 Å². The lowest BCUT2D eigenvalue weighted by Gasteiger charge is -2.38. The van der Waals surface area contributed by atoms with Crippen molar-refractivity contribution in [2.75, 3.05) is 132 Å². The number of nitrogens with two attached hydrogens (primary N) is 4. The molecule has 4 saturated heterocycles. The summed E-state index contributed by atoms with van der Waals surface area (Å²) in [5, 5.41) is 21.8. The number of nitrogen functional groups attached to an aromatic ring is 4. The lowest BCUT2D eigenvalue weighted by molar-refractivity contribution is 0.00360. The lowest BCUT2D eigenvalue weighted by Crippen LogP contribution is -2.54. The van der Waals surface area contributed by atoms with Gasteiger partial charge in [0, 0.05) is 116 Å². The second kappa shape index (κ2) is 41.2. The summed E-state index contributed by atoms with van der Waals surface area (Å²) in [5.74, 6) is 0.479. The monoisotopic (exact) mass is 1620 g/mol. The van der Waals surface area contributed by atoms with Gasteiger partial charge in [-0.15, -0.1) is 0 Å². The van der Waals surface area contributed by atoms with Crippen LogP contribution in [0.3, 0.4) is 0 Å². The summed E-state index contributed by atoms with van der Waals surface area (Å²) < 4.78 is 43.5. The van der Waals surface area contributed by atoms with Crippen molar-refractivity contribution < 1.29 is 57.1 Å². The first kappa shape index (κ1) is 82.7. The molecule has 0 spiro atoms. The van der Waals surface area contributed by atoms with Gasteiger partial charge in [-0.05, 0) is 85.3 Å². The van der Waals surface area contributed by atoms with Crippen LogP contribution in [0.1, 0.15) is 89.4 Å². The van der Waals surface area contributed by atoms with Crippen LogP contribution in [0, 0.1) is 0 Å². The summed E-state index contributed by atoms with van der Waals surface area (Å²) in [5.41, 5.74) is 31.1. The number of rotatable bonds is 22. The fourth-order valence-electron chi connectivity index (χ4n) is 12.2. The second-order valence-corrected chi connectivity index (χ2v) is 27.4. The van der Waals surface area contributed by atoms with Crippen molar-refractivity contribution >= 4 is 125 Å².